The number of carbonyl (C=O) groups excluding carboxylic acids is 1. The predicted octanol–water partition coefficient (Wildman–Crippen LogP) is 6.84. The molecule has 2 N–H and O–H groups in total. The Balaban J connectivity index is 0.00000506. The molecule has 0 bridgehead atoms. The highest BCUT2D eigenvalue weighted by Crippen LogP contribution is 2.28. The Labute approximate surface area is 258 Å². The van der Waals surface area contributed by atoms with Gasteiger partial charge in [-0.25, -0.2) is 22.0 Å². The van der Waals surface area contributed by atoms with Gasteiger partial charge in [-0.3, -0.25) is 14.5 Å². The van der Waals surface area contributed by atoms with Gasteiger partial charge >= 0.3 is 6.03 Å². The summed E-state index contributed by atoms with van der Waals surface area (Å²) in [6, 6.07) is 15.9. The summed E-state index contributed by atoms with van der Waals surface area (Å²) in [5, 5.41) is 3.05. The van der Waals surface area contributed by atoms with E-state index in [9.17, 15) is 22.0 Å². The summed E-state index contributed by atoms with van der Waals surface area (Å²) in [5.41, 5.74) is 2.51. The molecule has 0 spiro atoms. The van der Waals surface area contributed by atoms with Gasteiger partial charge in [0.2, 0.25) is 10.0 Å². The molecule has 12 heteroatoms. The van der Waals surface area contributed by atoms with Gasteiger partial charge < -0.3 is 10.1 Å². The molecule has 0 aliphatic carbocycles. The number of hydrogen-bond donors (Lipinski definition) is 2. The van der Waals surface area contributed by atoms with Crippen LogP contribution in [0.25, 0.3) is 0 Å². The second kappa shape index (κ2) is 15.4. The normalized spacial score (nSPS) is 14.1. The maximum Gasteiger partial charge on any atom is 0.322 e. The van der Waals surface area contributed by atoms with Gasteiger partial charge in [-0.1, -0.05) is 25.5 Å². The number of aryl methyl sites for hydroxylation is 1. The Morgan fingerprint density at radius 3 is 2.35 bits per heavy atom. The molecule has 0 radical (unpaired) electrons. The van der Waals surface area contributed by atoms with Gasteiger partial charge in [-0.15, -0.1) is 12.4 Å². The maximum absolute atomic E-state index is 14.4. The molecule has 1 saturated heterocycles. The van der Waals surface area contributed by atoms with Crippen LogP contribution in [0.15, 0.2) is 60.7 Å². The third-order valence-electron chi connectivity index (χ3n) is 7.13. The number of unbranched alkanes of at least 4 members (excludes halogenated alkanes) is 1. The molecular formula is C31H39ClF2N4O4S. The van der Waals surface area contributed by atoms with Crippen molar-refractivity contribution >= 4 is 39.8 Å². The van der Waals surface area contributed by atoms with Crippen molar-refractivity contribution in [3.8, 4) is 11.5 Å². The highest BCUT2D eigenvalue weighted by Gasteiger charge is 2.25. The van der Waals surface area contributed by atoms with Crippen molar-refractivity contribution in [2.24, 2.45) is 0 Å². The van der Waals surface area contributed by atoms with Crippen LogP contribution in [0.3, 0.4) is 0 Å². The van der Waals surface area contributed by atoms with E-state index in [0.29, 0.717) is 30.2 Å². The summed E-state index contributed by atoms with van der Waals surface area (Å²) >= 11 is 0. The van der Waals surface area contributed by atoms with Crippen LogP contribution in [-0.4, -0.2) is 51.3 Å². The van der Waals surface area contributed by atoms with Crippen molar-refractivity contribution in [2.45, 2.75) is 52.1 Å². The third kappa shape index (κ3) is 10.1. The fourth-order valence-corrected chi connectivity index (χ4v) is 5.48. The van der Waals surface area contributed by atoms with Crippen molar-refractivity contribution in [2.75, 3.05) is 35.5 Å². The lowest BCUT2D eigenvalue weighted by Gasteiger charge is -2.34. The van der Waals surface area contributed by atoms with Crippen molar-refractivity contribution in [1.29, 1.82) is 0 Å². The van der Waals surface area contributed by atoms with Gasteiger partial charge in [-0.2, -0.15) is 0 Å². The first-order chi connectivity index (χ1) is 20.0. The molecule has 0 aromatic heterocycles. The van der Waals surface area contributed by atoms with Crippen LogP contribution < -0.4 is 19.7 Å². The highest BCUT2D eigenvalue weighted by molar-refractivity contribution is 7.92. The lowest BCUT2D eigenvalue weighted by Crippen LogP contribution is -2.49. The molecule has 3 aromatic carbocycles. The number of anilines is 2. The standard InChI is InChI=1S/C31H38F2N4O4S.ClH/c1-4-5-16-37(29-12-8-24(32)20-28(29)33)31(38)34-25-14-17-36(18-15-25)21-23-6-10-27(11-7-23)41-30-13-9-26(19-22(30)2)35-42(3,39)40;/h6-13,19-20,25,35H,4-5,14-18,21H2,1-3H3,(H,34,38);1H. The number of ether oxygens (including phenoxy) is 1. The first-order valence-corrected chi connectivity index (χ1v) is 16.0. The van der Waals surface area contributed by atoms with E-state index in [2.05, 4.69) is 14.9 Å². The minimum absolute atomic E-state index is 0. The zero-order chi connectivity index (χ0) is 30.3. The number of likely N-dealkylation sites (tertiary alicyclic amines) is 1. The van der Waals surface area contributed by atoms with E-state index in [1.165, 1.54) is 17.0 Å². The average Bonchev–Trinajstić information content (AvgIpc) is 2.92. The first kappa shape index (κ1) is 34.1. The van der Waals surface area contributed by atoms with Crippen molar-refractivity contribution in [3.05, 3.63) is 83.4 Å². The molecule has 234 valence electrons. The van der Waals surface area contributed by atoms with E-state index in [1.807, 2.05) is 38.1 Å². The van der Waals surface area contributed by atoms with Crippen molar-refractivity contribution < 1.29 is 26.7 Å². The Morgan fingerprint density at radius 1 is 1.05 bits per heavy atom. The molecule has 1 heterocycles. The largest absolute Gasteiger partial charge is 0.457 e. The predicted molar refractivity (Wildman–Crippen MR) is 169 cm³/mol. The minimum atomic E-state index is -3.35. The van der Waals surface area contributed by atoms with Gasteiger partial charge in [0, 0.05) is 44.0 Å². The molecule has 2 amide bonds. The van der Waals surface area contributed by atoms with Crippen LogP contribution in [0.1, 0.15) is 43.7 Å². The van der Waals surface area contributed by atoms with Crippen LogP contribution in [0.5, 0.6) is 11.5 Å². The van der Waals surface area contributed by atoms with Gasteiger partial charge in [0.15, 0.2) is 0 Å². The van der Waals surface area contributed by atoms with E-state index in [0.717, 1.165) is 62.3 Å². The lowest BCUT2D eigenvalue weighted by molar-refractivity contribution is 0.188. The zero-order valence-corrected chi connectivity index (χ0v) is 26.2. The van der Waals surface area contributed by atoms with Crippen molar-refractivity contribution in [1.82, 2.24) is 10.2 Å². The van der Waals surface area contributed by atoms with E-state index in [4.69, 9.17) is 4.74 Å². The molecule has 4 rings (SSSR count). The number of urea groups is 1. The number of piperidine rings is 1. The van der Waals surface area contributed by atoms with Gasteiger partial charge in [-0.05, 0) is 79.8 Å². The first-order valence-electron chi connectivity index (χ1n) is 14.1. The van der Waals surface area contributed by atoms with Crippen LogP contribution in [-0.2, 0) is 16.6 Å². The van der Waals surface area contributed by atoms with E-state index >= 15 is 0 Å². The Morgan fingerprint density at radius 2 is 1.74 bits per heavy atom. The molecule has 1 fully saturated rings. The number of halogens is 3. The summed E-state index contributed by atoms with van der Waals surface area (Å²) in [4.78, 5) is 16.8. The summed E-state index contributed by atoms with van der Waals surface area (Å²) in [7, 11) is -3.35. The number of hydrogen-bond acceptors (Lipinski definition) is 5. The smallest absolute Gasteiger partial charge is 0.322 e. The average molecular weight is 637 g/mol. The maximum atomic E-state index is 14.4. The molecule has 1 aliphatic heterocycles. The number of carbonyl (C=O) groups is 1. The molecule has 43 heavy (non-hydrogen) atoms. The molecule has 1 aliphatic rings. The molecule has 0 saturated carbocycles. The number of nitrogens with zero attached hydrogens (tertiary/aromatic N) is 2. The van der Waals surface area contributed by atoms with Gasteiger partial charge in [0.25, 0.3) is 0 Å². The van der Waals surface area contributed by atoms with E-state index < -0.39 is 21.7 Å². The molecule has 3 aromatic rings. The summed E-state index contributed by atoms with van der Waals surface area (Å²) in [6.45, 7) is 6.57. The van der Waals surface area contributed by atoms with E-state index in [-0.39, 0.29) is 30.2 Å². The topological polar surface area (TPSA) is 91.0 Å². The Hall–Kier alpha value is -3.41. The van der Waals surface area contributed by atoms with Crippen LogP contribution >= 0.6 is 12.4 Å². The molecule has 0 atom stereocenters. The number of benzene rings is 3. The lowest BCUT2D eigenvalue weighted by atomic mass is 10.0. The second-order valence-electron chi connectivity index (χ2n) is 10.7. The SMILES string of the molecule is CCCCN(C(=O)NC1CCN(Cc2ccc(Oc3ccc(NS(C)(=O)=O)cc3C)cc2)CC1)c1ccc(F)cc1F.Cl. The number of amides is 2. The highest BCUT2D eigenvalue weighted by atomic mass is 35.5. The number of nitrogens with one attached hydrogen (secondary N) is 2. The van der Waals surface area contributed by atoms with Crippen molar-refractivity contribution in [3.63, 3.8) is 0 Å². The zero-order valence-electron chi connectivity index (χ0n) is 24.6. The summed E-state index contributed by atoms with van der Waals surface area (Å²) in [5.74, 6) is -0.103. The van der Waals surface area contributed by atoms with Gasteiger partial charge in [0.1, 0.15) is 23.1 Å². The Bertz CT molecular complexity index is 1480. The summed E-state index contributed by atoms with van der Waals surface area (Å²) in [6.07, 6.45) is 4.20. The molecular weight excluding hydrogens is 598 g/mol. The van der Waals surface area contributed by atoms with Crippen LogP contribution in [0.2, 0.25) is 0 Å². The second-order valence-corrected chi connectivity index (χ2v) is 12.4. The Kier molecular flexibility index (Phi) is 12.2. The van der Waals surface area contributed by atoms with E-state index in [1.54, 1.807) is 18.2 Å². The number of sulfonamides is 1. The quantitative estimate of drug-likeness (QED) is 0.241. The number of rotatable bonds is 11. The molecule has 8 nitrogen and oxygen atoms in total. The fraction of sp³-hybridized carbons (Fsp3) is 0.387. The third-order valence-corrected chi connectivity index (χ3v) is 7.74. The monoisotopic (exact) mass is 636 g/mol. The summed E-state index contributed by atoms with van der Waals surface area (Å²) < 4.78 is 59.2. The molecule has 0 unspecified atom stereocenters. The minimum Gasteiger partial charge on any atom is -0.457 e. The van der Waals surface area contributed by atoms with Crippen LogP contribution in [0, 0.1) is 18.6 Å². The fourth-order valence-electron chi connectivity index (χ4n) is 4.93. The van der Waals surface area contributed by atoms with Crippen LogP contribution in [0.4, 0.5) is 25.0 Å². The van der Waals surface area contributed by atoms with Gasteiger partial charge in [0.05, 0.1) is 11.9 Å².